The number of aryl methyl sites for hydroxylation is 1. The van der Waals surface area contributed by atoms with E-state index in [1.54, 1.807) is 19.2 Å². The van der Waals surface area contributed by atoms with Gasteiger partial charge in [-0.25, -0.2) is 8.42 Å². The topological polar surface area (TPSA) is 144 Å². The molecule has 0 bridgehead atoms. The smallest absolute Gasteiger partial charge is 0.209 e. The van der Waals surface area contributed by atoms with Gasteiger partial charge in [-0.15, -0.1) is 0 Å². The van der Waals surface area contributed by atoms with E-state index in [-0.39, 0.29) is 23.0 Å². The minimum atomic E-state index is -4.01. The predicted octanol–water partition coefficient (Wildman–Crippen LogP) is 6.88. The molecule has 1 saturated heterocycles. The number of hydrogen-bond acceptors (Lipinski definition) is 10. The molecule has 1 unspecified atom stereocenters. The molecular formula is C39H53N5O7S. The molecule has 2 aliphatic heterocycles. The average Bonchev–Trinajstić information content (AvgIpc) is 3.15. The number of anilines is 1. The Kier molecular flexibility index (Phi) is 14.8. The van der Waals surface area contributed by atoms with Crippen LogP contribution in [0.1, 0.15) is 66.7 Å². The minimum absolute atomic E-state index is 0.0183. The second-order valence-electron chi connectivity index (χ2n) is 13.5. The lowest BCUT2D eigenvalue weighted by molar-refractivity contribution is -0.00755. The molecule has 13 heteroatoms. The monoisotopic (exact) mass is 735 g/mol. The molecule has 12 nitrogen and oxygen atoms in total. The zero-order valence-electron chi connectivity index (χ0n) is 30.8. The molecule has 0 aromatic heterocycles. The van der Waals surface area contributed by atoms with Gasteiger partial charge in [-0.2, -0.15) is 0 Å². The Bertz CT molecular complexity index is 1720. The summed E-state index contributed by atoms with van der Waals surface area (Å²) in [5.74, 6) is 0.586. The summed E-state index contributed by atoms with van der Waals surface area (Å²) in [6, 6.07) is 20.8. The van der Waals surface area contributed by atoms with Crippen molar-refractivity contribution in [2.45, 2.75) is 81.1 Å². The molecule has 0 saturated carbocycles. The highest BCUT2D eigenvalue weighted by molar-refractivity contribution is 7.91. The van der Waals surface area contributed by atoms with Crippen LogP contribution in [0.4, 0.5) is 5.69 Å². The third kappa shape index (κ3) is 10.5. The molecule has 0 radical (unpaired) electrons. The number of methoxy groups -OCH3 is 1. The van der Waals surface area contributed by atoms with Gasteiger partial charge in [-0.1, -0.05) is 53.1 Å². The van der Waals surface area contributed by atoms with Crippen LogP contribution in [-0.2, 0) is 35.4 Å². The lowest BCUT2D eigenvalue weighted by atomic mass is 9.83. The third-order valence-corrected chi connectivity index (χ3v) is 11.5. The van der Waals surface area contributed by atoms with Gasteiger partial charge in [0.05, 0.1) is 42.5 Å². The van der Waals surface area contributed by atoms with Crippen molar-refractivity contribution >= 4 is 15.5 Å². The van der Waals surface area contributed by atoms with Gasteiger partial charge in [0.1, 0.15) is 12.4 Å². The summed E-state index contributed by atoms with van der Waals surface area (Å²) < 4.78 is 58.9. The summed E-state index contributed by atoms with van der Waals surface area (Å²) in [5, 5.41) is 7.31. The summed E-state index contributed by atoms with van der Waals surface area (Å²) in [7, 11) is -2.32. The summed E-state index contributed by atoms with van der Waals surface area (Å²) in [5.41, 5.74) is 12.0. The van der Waals surface area contributed by atoms with Crippen molar-refractivity contribution < 1.29 is 32.1 Å². The first-order chi connectivity index (χ1) is 25.2. The number of azide groups is 1. The fourth-order valence-corrected chi connectivity index (χ4v) is 8.44. The third-order valence-electron chi connectivity index (χ3n) is 9.64. The Morgan fingerprint density at radius 3 is 2.63 bits per heavy atom. The maximum atomic E-state index is 14.6. The second kappa shape index (κ2) is 19.4. The van der Waals surface area contributed by atoms with Crippen molar-refractivity contribution in [3.05, 3.63) is 99.4 Å². The van der Waals surface area contributed by atoms with Gasteiger partial charge >= 0.3 is 0 Å². The number of hydrogen-bond donors (Lipinski definition) is 1. The second-order valence-corrected chi connectivity index (χ2v) is 15.5. The molecule has 3 aromatic rings. The molecule has 0 spiro atoms. The Hall–Kier alpha value is -3.68. The number of benzene rings is 3. The van der Waals surface area contributed by atoms with Crippen molar-refractivity contribution in [3.8, 4) is 5.75 Å². The van der Waals surface area contributed by atoms with Gasteiger partial charge in [0, 0.05) is 56.8 Å². The SMILES string of the molecule is CCO[C@H](C)COCc1ccc([C@H]2C[C@H](CCN=[N+]=[N-])NC[C@@H]2OC(c2ccc3c(c2)N(CCCOC)CCO3)S(=O)(=O)c2ccc(C)cc2)cc1. The molecule has 52 heavy (non-hydrogen) atoms. The van der Waals surface area contributed by atoms with Crippen LogP contribution in [0, 0.1) is 6.92 Å². The number of fused-ring (bicyclic) bond motifs is 1. The number of sulfone groups is 1. The van der Waals surface area contributed by atoms with Crippen LogP contribution in [0.3, 0.4) is 0 Å². The average molecular weight is 736 g/mol. The first-order valence-corrected chi connectivity index (χ1v) is 19.8. The molecule has 0 aliphatic carbocycles. The van der Waals surface area contributed by atoms with E-state index in [2.05, 4.69) is 44.5 Å². The van der Waals surface area contributed by atoms with Crippen molar-refractivity contribution in [1.82, 2.24) is 5.32 Å². The van der Waals surface area contributed by atoms with E-state index in [0.29, 0.717) is 71.1 Å². The Labute approximate surface area is 308 Å². The quantitative estimate of drug-likeness (QED) is 0.0603. The summed E-state index contributed by atoms with van der Waals surface area (Å²) >= 11 is 0. The maximum Gasteiger partial charge on any atom is 0.209 e. The molecule has 1 N–H and O–H groups in total. The molecule has 282 valence electrons. The summed E-state index contributed by atoms with van der Waals surface area (Å²) in [6.07, 6.45) is 1.70. The van der Waals surface area contributed by atoms with Crippen LogP contribution in [0.25, 0.3) is 10.4 Å². The Morgan fingerprint density at radius 2 is 1.90 bits per heavy atom. The van der Waals surface area contributed by atoms with Crippen molar-refractivity contribution in [2.24, 2.45) is 5.11 Å². The molecule has 2 aliphatic rings. The van der Waals surface area contributed by atoms with Gasteiger partial charge in [-0.05, 0) is 86.5 Å². The van der Waals surface area contributed by atoms with E-state index in [4.69, 9.17) is 29.2 Å². The molecule has 1 fully saturated rings. The number of nitrogens with zero attached hydrogens (tertiary/aromatic N) is 4. The number of nitrogens with one attached hydrogen (secondary N) is 1. The van der Waals surface area contributed by atoms with E-state index in [1.807, 2.05) is 51.1 Å². The van der Waals surface area contributed by atoms with Crippen LogP contribution >= 0.6 is 0 Å². The lowest BCUT2D eigenvalue weighted by Gasteiger charge is -2.39. The van der Waals surface area contributed by atoms with Gasteiger partial charge in [0.25, 0.3) is 0 Å². The molecule has 0 amide bonds. The van der Waals surface area contributed by atoms with Crippen LogP contribution in [-0.4, -0.2) is 86.4 Å². The molecule has 5 rings (SSSR count). The van der Waals surface area contributed by atoms with E-state index in [9.17, 15) is 8.42 Å². The highest BCUT2D eigenvalue weighted by Gasteiger charge is 2.39. The van der Waals surface area contributed by atoms with Crippen LogP contribution < -0.4 is 15.0 Å². The Balaban J connectivity index is 1.47. The first-order valence-electron chi connectivity index (χ1n) is 18.2. The number of rotatable bonds is 19. The van der Waals surface area contributed by atoms with E-state index in [0.717, 1.165) is 41.1 Å². The Morgan fingerprint density at radius 1 is 1.12 bits per heavy atom. The van der Waals surface area contributed by atoms with Crippen molar-refractivity contribution in [1.29, 1.82) is 0 Å². The standard InChI is InChI=1S/C39H53N5O7S/c1-5-49-29(3)26-48-27-30-9-11-31(12-10-30)35-24-33(17-18-42-43-40)41-25-38(35)51-39(52(45,46)34-14-7-28(2)8-15-34)32-13-16-37-36(23-32)44(20-22-50-37)19-6-21-47-4/h7-16,23,29,33,35,38-39,41H,5-6,17-22,24-27H2,1-4H3/t29-,33+,35-,38+,39?/m1/s1. The van der Waals surface area contributed by atoms with Gasteiger partial charge < -0.3 is 33.9 Å². The largest absolute Gasteiger partial charge is 0.490 e. The molecule has 2 heterocycles. The van der Waals surface area contributed by atoms with Crippen molar-refractivity contribution in [2.75, 3.05) is 64.6 Å². The lowest BCUT2D eigenvalue weighted by Crippen LogP contribution is -2.48. The molecule has 5 atom stereocenters. The molecule has 3 aromatic carbocycles. The van der Waals surface area contributed by atoms with Crippen molar-refractivity contribution in [3.63, 3.8) is 0 Å². The normalized spacial score (nSPS) is 20.0. The fourth-order valence-electron chi connectivity index (χ4n) is 6.88. The van der Waals surface area contributed by atoms with Crippen LogP contribution in [0.5, 0.6) is 5.75 Å². The van der Waals surface area contributed by atoms with Gasteiger partial charge in [-0.3, -0.25) is 0 Å². The predicted molar refractivity (Wildman–Crippen MR) is 202 cm³/mol. The first kappa shape index (κ1) is 39.5. The highest BCUT2D eigenvalue weighted by atomic mass is 32.2. The highest BCUT2D eigenvalue weighted by Crippen LogP contribution is 2.41. The number of ether oxygens (including phenoxy) is 5. The van der Waals surface area contributed by atoms with E-state index < -0.39 is 21.4 Å². The van der Waals surface area contributed by atoms with Crippen LogP contribution in [0.2, 0.25) is 0 Å². The fraction of sp³-hybridized carbons (Fsp3) is 0.538. The zero-order chi connectivity index (χ0) is 36.9. The molecular weight excluding hydrogens is 683 g/mol. The summed E-state index contributed by atoms with van der Waals surface area (Å²) in [4.78, 5) is 5.35. The maximum absolute atomic E-state index is 14.6. The number of piperidine rings is 1. The minimum Gasteiger partial charge on any atom is -0.490 e. The van der Waals surface area contributed by atoms with E-state index >= 15 is 0 Å². The van der Waals surface area contributed by atoms with Gasteiger partial charge in [0.15, 0.2) is 5.44 Å². The summed E-state index contributed by atoms with van der Waals surface area (Å²) in [6.45, 7) is 10.9. The van der Waals surface area contributed by atoms with Crippen LogP contribution in [0.15, 0.2) is 76.7 Å². The zero-order valence-corrected chi connectivity index (χ0v) is 31.6. The van der Waals surface area contributed by atoms with E-state index in [1.165, 1.54) is 0 Å². The van der Waals surface area contributed by atoms with Gasteiger partial charge in [0.2, 0.25) is 9.84 Å².